The van der Waals surface area contributed by atoms with Crippen LogP contribution in [-0.4, -0.2) is 51.2 Å². The maximum Gasteiger partial charge on any atom is 0.573 e. The largest absolute Gasteiger partial charge is 0.573 e. The molecule has 12 heteroatoms. The molecule has 1 saturated carbocycles. The summed E-state index contributed by atoms with van der Waals surface area (Å²) in [6.45, 7) is 0.677. The molecule has 0 bridgehead atoms. The second kappa shape index (κ2) is 10.8. The average Bonchev–Trinajstić information content (AvgIpc) is 3.46. The lowest BCUT2D eigenvalue weighted by Gasteiger charge is -2.14. The summed E-state index contributed by atoms with van der Waals surface area (Å²) in [7, 11) is 2.70. The molecule has 7 rings (SSSR count). The molecule has 3 heterocycles. The Hall–Kier alpha value is -4.19. The van der Waals surface area contributed by atoms with Crippen molar-refractivity contribution in [2.75, 3.05) is 6.26 Å². The summed E-state index contributed by atoms with van der Waals surface area (Å²) in [5.41, 5.74) is 5.31. The number of ether oxygens (including phenoxy) is 1. The van der Waals surface area contributed by atoms with Crippen molar-refractivity contribution in [3.63, 3.8) is 0 Å². The first-order valence-corrected chi connectivity index (χ1v) is 16.1. The topological polar surface area (TPSA) is 79.8 Å². The normalized spacial score (nSPS) is 17.9. The summed E-state index contributed by atoms with van der Waals surface area (Å²) in [6.07, 6.45) is 10.4. The van der Waals surface area contributed by atoms with E-state index < -0.39 is 17.2 Å². The number of rotatable bonds is 8. The van der Waals surface area contributed by atoms with Gasteiger partial charge in [-0.3, -0.25) is 13.6 Å². The molecule has 0 aliphatic heterocycles. The third kappa shape index (κ3) is 5.47. The standard InChI is InChI=1S/C32H31F3N6O2S/c1-39-17-21-15-24(28(16-27(21)37-39)43-32(33,34)35)31-36-29(30(40(31)2)20-9-10-20)23-5-4-6-26-25(23)18-41(38-26)14-13-19-7-11-22(12-8-19)44(3)42/h4-8,11,15-18,20,22H,9-10,12-14H2,1-3H3. The van der Waals surface area contributed by atoms with Crippen LogP contribution < -0.4 is 4.74 Å². The van der Waals surface area contributed by atoms with Gasteiger partial charge in [-0.25, -0.2) is 4.98 Å². The molecule has 0 N–H and O–H groups in total. The van der Waals surface area contributed by atoms with Crippen molar-refractivity contribution in [3.05, 3.63) is 72.2 Å². The van der Waals surface area contributed by atoms with Crippen LogP contribution in [0.1, 0.15) is 37.3 Å². The molecule has 3 aromatic heterocycles. The van der Waals surface area contributed by atoms with Gasteiger partial charge in [0.1, 0.15) is 11.6 Å². The molecule has 0 saturated heterocycles. The highest BCUT2D eigenvalue weighted by molar-refractivity contribution is 7.85. The highest BCUT2D eigenvalue weighted by Gasteiger charge is 2.36. The predicted molar refractivity (Wildman–Crippen MR) is 165 cm³/mol. The van der Waals surface area contributed by atoms with E-state index in [0.29, 0.717) is 23.3 Å². The van der Waals surface area contributed by atoms with Crippen LogP contribution in [0.2, 0.25) is 0 Å². The highest BCUT2D eigenvalue weighted by atomic mass is 32.2. The molecular formula is C32H31F3N6O2S. The SMILES string of the molecule is Cn1cc2cc(-c3nc(-c4cccc5nn(CCC6=CCC(S(C)=O)C=C6)cc45)c(C4CC4)n3C)c(OC(F)(F)F)cc2n1. The smallest absolute Gasteiger partial charge is 0.405 e. The predicted octanol–water partition coefficient (Wildman–Crippen LogP) is 6.79. The molecule has 44 heavy (non-hydrogen) atoms. The molecule has 8 nitrogen and oxygen atoms in total. The zero-order valence-electron chi connectivity index (χ0n) is 24.5. The van der Waals surface area contributed by atoms with Crippen molar-refractivity contribution in [1.29, 1.82) is 0 Å². The number of benzene rings is 2. The fourth-order valence-electron chi connectivity index (χ4n) is 6.07. The Kier molecular flexibility index (Phi) is 6.99. The van der Waals surface area contributed by atoms with E-state index in [4.69, 9.17) is 10.1 Å². The lowest BCUT2D eigenvalue weighted by molar-refractivity contribution is -0.274. The van der Waals surface area contributed by atoms with E-state index in [1.165, 1.54) is 11.6 Å². The van der Waals surface area contributed by atoms with E-state index in [9.17, 15) is 17.4 Å². The first kappa shape index (κ1) is 28.6. The van der Waals surface area contributed by atoms with E-state index in [0.717, 1.165) is 53.5 Å². The molecule has 1 fully saturated rings. The third-order valence-electron chi connectivity index (χ3n) is 8.34. The first-order valence-electron chi connectivity index (χ1n) is 14.5. The van der Waals surface area contributed by atoms with E-state index in [-0.39, 0.29) is 22.5 Å². The Morgan fingerprint density at radius 1 is 1.07 bits per heavy atom. The van der Waals surface area contributed by atoms with Crippen LogP contribution in [0.4, 0.5) is 13.2 Å². The average molecular weight is 621 g/mol. The number of nitrogens with zero attached hydrogens (tertiary/aromatic N) is 6. The molecule has 5 aromatic rings. The number of fused-ring (bicyclic) bond motifs is 2. The van der Waals surface area contributed by atoms with Gasteiger partial charge in [-0.15, -0.1) is 13.2 Å². The third-order valence-corrected chi connectivity index (χ3v) is 9.54. The summed E-state index contributed by atoms with van der Waals surface area (Å²) >= 11 is 0. The Bertz CT molecular complexity index is 2000. The molecule has 2 aromatic carbocycles. The van der Waals surface area contributed by atoms with Crippen LogP contribution in [0.3, 0.4) is 0 Å². The van der Waals surface area contributed by atoms with Crippen LogP contribution in [0.15, 0.2) is 66.5 Å². The van der Waals surface area contributed by atoms with E-state index in [1.807, 2.05) is 46.8 Å². The minimum absolute atomic E-state index is 0.0694. The molecular weight excluding hydrogens is 589 g/mol. The van der Waals surface area contributed by atoms with Gasteiger partial charge in [-0.1, -0.05) is 35.9 Å². The maximum atomic E-state index is 13.5. The highest BCUT2D eigenvalue weighted by Crippen LogP contribution is 2.48. The Morgan fingerprint density at radius 2 is 1.89 bits per heavy atom. The van der Waals surface area contributed by atoms with Gasteiger partial charge in [0.15, 0.2) is 0 Å². The summed E-state index contributed by atoms with van der Waals surface area (Å²) in [5, 5.41) is 10.8. The number of aryl methyl sites for hydroxylation is 2. The zero-order chi connectivity index (χ0) is 30.7. The molecule has 2 unspecified atom stereocenters. The maximum absolute atomic E-state index is 13.5. The minimum atomic E-state index is -4.87. The monoisotopic (exact) mass is 620 g/mol. The Balaban J connectivity index is 1.28. The van der Waals surface area contributed by atoms with Crippen molar-refractivity contribution in [1.82, 2.24) is 29.1 Å². The number of hydrogen-bond acceptors (Lipinski definition) is 5. The van der Waals surface area contributed by atoms with Gasteiger partial charge >= 0.3 is 6.36 Å². The molecule has 228 valence electrons. The summed E-state index contributed by atoms with van der Waals surface area (Å²) < 4.78 is 62.3. The van der Waals surface area contributed by atoms with Crippen LogP contribution in [0.25, 0.3) is 44.5 Å². The second-order valence-corrected chi connectivity index (χ2v) is 13.2. The zero-order valence-corrected chi connectivity index (χ0v) is 25.3. The fraction of sp³-hybridized carbons (Fsp3) is 0.344. The Morgan fingerprint density at radius 3 is 2.59 bits per heavy atom. The van der Waals surface area contributed by atoms with Crippen LogP contribution in [-0.2, 0) is 31.4 Å². The van der Waals surface area contributed by atoms with Crippen molar-refractivity contribution < 1.29 is 22.1 Å². The summed E-state index contributed by atoms with van der Waals surface area (Å²) in [6, 6.07) is 8.90. The fourth-order valence-corrected chi connectivity index (χ4v) is 6.73. The lowest BCUT2D eigenvalue weighted by Crippen LogP contribution is -2.18. The summed E-state index contributed by atoms with van der Waals surface area (Å²) in [5.74, 6) is 0.333. The van der Waals surface area contributed by atoms with Crippen LogP contribution >= 0.6 is 0 Å². The summed E-state index contributed by atoms with van der Waals surface area (Å²) in [4.78, 5) is 5.02. The van der Waals surface area contributed by atoms with Gasteiger partial charge in [0.25, 0.3) is 0 Å². The molecule has 0 amide bonds. The Labute approximate surface area is 254 Å². The van der Waals surface area contributed by atoms with Crippen molar-refractivity contribution in [3.8, 4) is 28.4 Å². The van der Waals surface area contributed by atoms with Gasteiger partial charge in [0, 0.05) is 84.1 Å². The number of halogens is 3. The van der Waals surface area contributed by atoms with Gasteiger partial charge in [0.2, 0.25) is 0 Å². The van der Waals surface area contributed by atoms with Gasteiger partial charge in [0.05, 0.1) is 27.5 Å². The number of aromatic nitrogens is 6. The van der Waals surface area contributed by atoms with Crippen LogP contribution in [0.5, 0.6) is 5.75 Å². The van der Waals surface area contributed by atoms with Crippen molar-refractivity contribution >= 4 is 32.6 Å². The van der Waals surface area contributed by atoms with Crippen molar-refractivity contribution in [2.45, 2.75) is 49.8 Å². The van der Waals surface area contributed by atoms with E-state index >= 15 is 0 Å². The van der Waals surface area contributed by atoms with Gasteiger partial charge < -0.3 is 9.30 Å². The van der Waals surface area contributed by atoms with Gasteiger partial charge in [-0.05, 0) is 37.8 Å². The number of alkyl halides is 3. The van der Waals surface area contributed by atoms with E-state index in [1.54, 1.807) is 30.2 Å². The van der Waals surface area contributed by atoms with Gasteiger partial charge in [-0.2, -0.15) is 10.2 Å². The quantitative estimate of drug-likeness (QED) is 0.191. The minimum Gasteiger partial charge on any atom is -0.405 e. The molecule has 2 atom stereocenters. The number of hydrogen-bond donors (Lipinski definition) is 0. The second-order valence-electron chi connectivity index (χ2n) is 11.6. The number of allylic oxidation sites excluding steroid dienone is 3. The first-order chi connectivity index (χ1) is 21.0. The van der Waals surface area contributed by atoms with E-state index in [2.05, 4.69) is 22.0 Å². The van der Waals surface area contributed by atoms with Crippen molar-refractivity contribution in [2.24, 2.45) is 14.1 Å². The van der Waals surface area contributed by atoms with Crippen LogP contribution in [0, 0.1) is 0 Å². The molecule has 2 aliphatic carbocycles. The number of imidazole rings is 1. The molecule has 0 radical (unpaired) electrons. The molecule has 2 aliphatic rings. The molecule has 0 spiro atoms. The lowest BCUT2D eigenvalue weighted by atomic mass is 10.0.